The first-order valence-electron chi connectivity index (χ1n) is 7.23. The average Bonchev–Trinajstić information content (AvgIpc) is 3.22. The Hall–Kier alpha value is -2.43. The third kappa shape index (κ3) is 1.29. The Bertz CT molecular complexity index is 792. The SMILES string of the molecule is O=C1C2C3C=CC(C3)C2C(=O)N1c1ccc2cn[nH]c2c1. The number of imide groups is 1. The van der Waals surface area contributed by atoms with Crippen LogP contribution >= 0.6 is 0 Å². The fourth-order valence-electron chi connectivity index (χ4n) is 4.22. The van der Waals surface area contributed by atoms with Gasteiger partial charge in [-0.3, -0.25) is 14.7 Å². The lowest BCUT2D eigenvalue weighted by molar-refractivity contribution is -0.123. The molecule has 2 aliphatic carbocycles. The molecule has 4 atom stereocenters. The number of nitrogens with one attached hydrogen (secondary N) is 1. The van der Waals surface area contributed by atoms with E-state index >= 15 is 0 Å². The molecule has 1 aliphatic heterocycles. The quantitative estimate of drug-likeness (QED) is 0.640. The molecule has 5 rings (SSSR count). The molecule has 21 heavy (non-hydrogen) atoms. The number of fused-ring (bicyclic) bond motifs is 6. The van der Waals surface area contributed by atoms with Crippen LogP contribution in [0.15, 0.2) is 36.5 Å². The van der Waals surface area contributed by atoms with Crippen LogP contribution in [0.1, 0.15) is 6.42 Å². The molecule has 1 aromatic carbocycles. The van der Waals surface area contributed by atoms with Crippen LogP contribution < -0.4 is 4.90 Å². The number of allylic oxidation sites excluding steroid dienone is 2. The molecule has 1 N–H and O–H groups in total. The molecule has 2 aromatic rings. The molecule has 1 aromatic heterocycles. The smallest absolute Gasteiger partial charge is 0.238 e. The van der Waals surface area contributed by atoms with Gasteiger partial charge in [0.1, 0.15) is 0 Å². The van der Waals surface area contributed by atoms with Crippen LogP contribution in [0, 0.1) is 23.7 Å². The highest BCUT2D eigenvalue weighted by molar-refractivity contribution is 6.23. The number of hydrogen-bond donors (Lipinski definition) is 1. The van der Waals surface area contributed by atoms with Crippen molar-refractivity contribution in [2.75, 3.05) is 4.90 Å². The number of anilines is 1. The van der Waals surface area contributed by atoms with Gasteiger partial charge in [-0.15, -0.1) is 0 Å². The van der Waals surface area contributed by atoms with E-state index in [4.69, 9.17) is 0 Å². The number of rotatable bonds is 1. The molecular weight excluding hydrogens is 266 g/mol. The van der Waals surface area contributed by atoms with Crippen LogP contribution in [0.5, 0.6) is 0 Å². The topological polar surface area (TPSA) is 66.1 Å². The summed E-state index contributed by atoms with van der Waals surface area (Å²) in [6.45, 7) is 0. The first kappa shape index (κ1) is 11.3. The Morgan fingerprint density at radius 2 is 1.81 bits per heavy atom. The first-order valence-corrected chi connectivity index (χ1v) is 7.23. The van der Waals surface area contributed by atoms with Gasteiger partial charge in [0.15, 0.2) is 0 Å². The molecule has 1 saturated carbocycles. The molecule has 5 heteroatoms. The summed E-state index contributed by atoms with van der Waals surface area (Å²) in [5.74, 6) is 0.117. The van der Waals surface area contributed by atoms with E-state index in [1.54, 1.807) is 6.20 Å². The molecule has 0 spiro atoms. The maximum Gasteiger partial charge on any atom is 0.238 e. The van der Waals surface area contributed by atoms with E-state index in [0.29, 0.717) is 5.69 Å². The summed E-state index contributed by atoms with van der Waals surface area (Å²) in [4.78, 5) is 26.8. The minimum Gasteiger partial charge on any atom is -0.278 e. The minimum atomic E-state index is -0.148. The highest BCUT2D eigenvalue weighted by atomic mass is 16.2. The normalized spacial score (nSPS) is 33.4. The lowest BCUT2D eigenvalue weighted by Crippen LogP contribution is -2.32. The van der Waals surface area contributed by atoms with E-state index in [-0.39, 0.29) is 35.5 Å². The number of benzene rings is 1. The second kappa shape index (κ2) is 3.61. The predicted molar refractivity (Wildman–Crippen MR) is 76.3 cm³/mol. The van der Waals surface area contributed by atoms with Gasteiger partial charge in [-0.05, 0) is 36.5 Å². The van der Waals surface area contributed by atoms with Crippen molar-refractivity contribution in [2.24, 2.45) is 23.7 Å². The highest BCUT2D eigenvalue weighted by Gasteiger charge is 2.59. The van der Waals surface area contributed by atoms with Gasteiger partial charge >= 0.3 is 0 Å². The largest absolute Gasteiger partial charge is 0.278 e. The molecule has 104 valence electrons. The van der Waals surface area contributed by atoms with Gasteiger partial charge in [0.2, 0.25) is 11.8 Å². The van der Waals surface area contributed by atoms with Gasteiger partial charge in [-0.1, -0.05) is 12.2 Å². The molecule has 3 aliphatic rings. The minimum absolute atomic E-state index is 0.0410. The van der Waals surface area contributed by atoms with Crippen molar-refractivity contribution in [3.05, 3.63) is 36.5 Å². The number of amides is 2. The zero-order valence-corrected chi connectivity index (χ0v) is 11.2. The van der Waals surface area contributed by atoms with E-state index < -0.39 is 0 Å². The summed E-state index contributed by atoms with van der Waals surface area (Å²) >= 11 is 0. The average molecular weight is 279 g/mol. The standard InChI is InChI=1S/C16H13N3O2/c20-15-13-8-1-2-9(5-8)14(13)16(21)19(15)11-4-3-10-7-17-18-12(10)6-11/h1-4,6-9,13-14H,5H2,(H,17,18). The zero-order chi connectivity index (χ0) is 14.1. The maximum atomic E-state index is 12.7. The summed E-state index contributed by atoms with van der Waals surface area (Å²) in [5, 5.41) is 7.83. The lowest BCUT2D eigenvalue weighted by Gasteiger charge is -2.17. The Morgan fingerprint density at radius 1 is 1.10 bits per heavy atom. The summed E-state index contributed by atoms with van der Waals surface area (Å²) in [7, 11) is 0. The number of nitrogens with zero attached hydrogens (tertiary/aromatic N) is 2. The van der Waals surface area contributed by atoms with Crippen molar-refractivity contribution < 1.29 is 9.59 Å². The van der Waals surface area contributed by atoms with Gasteiger partial charge in [-0.25, -0.2) is 4.90 Å². The number of aromatic nitrogens is 2. The first-order chi connectivity index (χ1) is 10.2. The van der Waals surface area contributed by atoms with Gasteiger partial charge in [-0.2, -0.15) is 5.10 Å². The molecule has 2 bridgehead atoms. The molecule has 5 nitrogen and oxygen atoms in total. The van der Waals surface area contributed by atoms with Gasteiger partial charge in [0.05, 0.1) is 29.2 Å². The van der Waals surface area contributed by atoms with Crippen LogP contribution in [0.3, 0.4) is 0 Å². The zero-order valence-electron chi connectivity index (χ0n) is 11.2. The molecule has 2 heterocycles. The Kier molecular flexibility index (Phi) is 1.93. The van der Waals surface area contributed by atoms with Crippen LogP contribution in [-0.4, -0.2) is 22.0 Å². The Balaban J connectivity index is 1.61. The Morgan fingerprint density at radius 3 is 2.52 bits per heavy atom. The van der Waals surface area contributed by atoms with Crippen molar-refractivity contribution in [3.8, 4) is 0 Å². The third-order valence-electron chi connectivity index (χ3n) is 5.15. The summed E-state index contributed by atoms with van der Waals surface area (Å²) < 4.78 is 0. The summed E-state index contributed by atoms with van der Waals surface area (Å²) in [6, 6.07) is 5.54. The van der Waals surface area contributed by atoms with Crippen LogP contribution in [0.2, 0.25) is 0 Å². The number of H-pyrrole nitrogens is 1. The Labute approximate surface area is 120 Å². The fraction of sp³-hybridized carbons (Fsp3) is 0.312. The molecule has 2 fully saturated rings. The molecule has 1 saturated heterocycles. The number of aromatic amines is 1. The fourth-order valence-corrected chi connectivity index (χ4v) is 4.22. The van der Waals surface area contributed by atoms with Crippen LogP contribution in [-0.2, 0) is 9.59 Å². The molecular formula is C16H13N3O2. The van der Waals surface area contributed by atoms with E-state index in [9.17, 15) is 9.59 Å². The molecule has 2 amide bonds. The third-order valence-corrected chi connectivity index (χ3v) is 5.15. The maximum absolute atomic E-state index is 12.7. The van der Waals surface area contributed by atoms with Crippen molar-refractivity contribution >= 4 is 28.4 Å². The van der Waals surface area contributed by atoms with E-state index in [1.807, 2.05) is 18.2 Å². The van der Waals surface area contributed by atoms with Gasteiger partial charge in [0, 0.05) is 5.39 Å². The number of carbonyl (C=O) groups is 2. The van der Waals surface area contributed by atoms with Crippen molar-refractivity contribution in [1.82, 2.24) is 10.2 Å². The summed E-state index contributed by atoms with van der Waals surface area (Å²) in [5.41, 5.74) is 1.49. The van der Waals surface area contributed by atoms with E-state index in [0.717, 1.165) is 17.3 Å². The summed E-state index contributed by atoms with van der Waals surface area (Å²) in [6.07, 6.45) is 6.91. The number of carbonyl (C=O) groups excluding carboxylic acids is 2. The van der Waals surface area contributed by atoms with Crippen LogP contribution in [0.25, 0.3) is 10.9 Å². The molecule has 4 unspecified atom stereocenters. The van der Waals surface area contributed by atoms with E-state index in [2.05, 4.69) is 22.3 Å². The predicted octanol–water partition coefficient (Wildman–Crippen LogP) is 1.87. The molecule has 0 radical (unpaired) electrons. The van der Waals surface area contributed by atoms with Crippen LogP contribution in [0.4, 0.5) is 5.69 Å². The van der Waals surface area contributed by atoms with Gasteiger partial charge in [0.25, 0.3) is 0 Å². The second-order valence-corrected chi connectivity index (χ2v) is 6.15. The monoisotopic (exact) mass is 279 g/mol. The van der Waals surface area contributed by atoms with Crippen molar-refractivity contribution in [2.45, 2.75) is 6.42 Å². The number of hydrogen-bond acceptors (Lipinski definition) is 3. The van der Waals surface area contributed by atoms with Crippen molar-refractivity contribution in [1.29, 1.82) is 0 Å². The van der Waals surface area contributed by atoms with Gasteiger partial charge < -0.3 is 0 Å². The van der Waals surface area contributed by atoms with Crippen molar-refractivity contribution in [3.63, 3.8) is 0 Å². The lowest BCUT2D eigenvalue weighted by atomic mass is 9.85. The second-order valence-electron chi connectivity index (χ2n) is 6.15. The van der Waals surface area contributed by atoms with E-state index in [1.165, 1.54) is 4.90 Å². The highest BCUT2D eigenvalue weighted by Crippen LogP contribution is 2.53.